The van der Waals surface area contributed by atoms with Gasteiger partial charge in [0, 0.05) is 11.7 Å². The van der Waals surface area contributed by atoms with Crippen molar-refractivity contribution in [3.63, 3.8) is 0 Å². The molecular formula is C16H22FN3. The van der Waals surface area contributed by atoms with Crippen LogP contribution in [0.1, 0.15) is 43.3 Å². The van der Waals surface area contributed by atoms with E-state index in [-0.39, 0.29) is 11.9 Å². The van der Waals surface area contributed by atoms with Crippen LogP contribution in [0.15, 0.2) is 24.3 Å². The standard InChI is InChI=1S/C16H22FN3/c1-5-9-18-13(4)14-7-6-8-15(17)16(14)20-12(3)10-11(2)19-20/h6-8,10,13,18H,5,9H2,1-4H3. The van der Waals surface area contributed by atoms with Gasteiger partial charge in [-0.1, -0.05) is 19.1 Å². The Morgan fingerprint density at radius 2 is 2.10 bits per heavy atom. The summed E-state index contributed by atoms with van der Waals surface area (Å²) in [6.07, 6.45) is 1.05. The van der Waals surface area contributed by atoms with Gasteiger partial charge in [0.2, 0.25) is 0 Å². The number of hydrogen-bond acceptors (Lipinski definition) is 2. The molecule has 1 N–H and O–H groups in total. The van der Waals surface area contributed by atoms with Crippen LogP contribution in [-0.4, -0.2) is 16.3 Å². The second-order valence-corrected chi connectivity index (χ2v) is 5.19. The third-order valence-corrected chi connectivity index (χ3v) is 3.41. The predicted molar refractivity (Wildman–Crippen MR) is 79.7 cm³/mol. The first kappa shape index (κ1) is 14.7. The van der Waals surface area contributed by atoms with Crippen molar-refractivity contribution in [1.29, 1.82) is 0 Å². The van der Waals surface area contributed by atoms with Gasteiger partial charge in [-0.15, -0.1) is 0 Å². The van der Waals surface area contributed by atoms with Gasteiger partial charge >= 0.3 is 0 Å². The number of para-hydroxylation sites is 1. The van der Waals surface area contributed by atoms with Crippen LogP contribution in [0.3, 0.4) is 0 Å². The van der Waals surface area contributed by atoms with Crippen LogP contribution < -0.4 is 5.32 Å². The predicted octanol–water partition coefficient (Wildman–Crippen LogP) is 3.69. The molecule has 1 heterocycles. The summed E-state index contributed by atoms with van der Waals surface area (Å²) in [6, 6.07) is 7.25. The van der Waals surface area contributed by atoms with Gasteiger partial charge < -0.3 is 5.32 Å². The van der Waals surface area contributed by atoms with Crippen LogP contribution in [0, 0.1) is 19.7 Å². The first-order valence-electron chi connectivity index (χ1n) is 7.10. The van der Waals surface area contributed by atoms with Crippen molar-refractivity contribution < 1.29 is 4.39 Å². The Morgan fingerprint density at radius 3 is 2.70 bits per heavy atom. The lowest BCUT2D eigenvalue weighted by Gasteiger charge is -2.19. The zero-order chi connectivity index (χ0) is 14.7. The van der Waals surface area contributed by atoms with Gasteiger partial charge in [0.25, 0.3) is 0 Å². The minimum Gasteiger partial charge on any atom is -0.310 e. The lowest BCUT2D eigenvalue weighted by molar-refractivity contribution is 0.552. The summed E-state index contributed by atoms with van der Waals surface area (Å²) in [5.41, 5.74) is 3.32. The third-order valence-electron chi connectivity index (χ3n) is 3.41. The van der Waals surface area contributed by atoms with Crippen LogP contribution >= 0.6 is 0 Å². The summed E-state index contributed by atoms with van der Waals surface area (Å²) in [7, 11) is 0. The minimum atomic E-state index is -0.237. The van der Waals surface area contributed by atoms with Gasteiger partial charge in [-0.05, 0) is 51.4 Å². The van der Waals surface area contributed by atoms with Crippen LogP contribution in [0.2, 0.25) is 0 Å². The van der Waals surface area contributed by atoms with E-state index in [1.54, 1.807) is 10.7 Å². The average Bonchev–Trinajstić information content (AvgIpc) is 2.74. The molecule has 0 saturated heterocycles. The van der Waals surface area contributed by atoms with Crippen LogP contribution in [-0.2, 0) is 0 Å². The van der Waals surface area contributed by atoms with Crippen LogP contribution in [0.5, 0.6) is 0 Å². The number of hydrogen-bond donors (Lipinski definition) is 1. The highest BCUT2D eigenvalue weighted by Crippen LogP contribution is 2.25. The van der Waals surface area contributed by atoms with Gasteiger partial charge in [-0.2, -0.15) is 5.10 Å². The van der Waals surface area contributed by atoms with Crippen molar-refractivity contribution >= 4 is 0 Å². The molecule has 0 amide bonds. The molecule has 0 aliphatic heterocycles. The summed E-state index contributed by atoms with van der Waals surface area (Å²) in [5.74, 6) is -0.237. The largest absolute Gasteiger partial charge is 0.310 e. The number of rotatable bonds is 5. The molecule has 20 heavy (non-hydrogen) atoms. The van der Waals surface area contributed by atoms with E-state index in [4.69, 9.17) is 0 Å². The topological polar surface area (TPSA) is 29.9 Å². The van der Waals surface area contributed by atoms with Crippen molar-refractivity contribution in [3.05, 3.63) is 47.0 Å². The smallest absolute Gasteiger partial charge is 0.149 e. The maximum absolute atomic E-state index is 14.3. The fourth-order valence-electron chi connectivity index (χ4n) is 2.43. The van der Waals surface area contributed by atoms with E-state index in [1.165, 1.54) is 6.07 Å². The molecule has 108 valence electrons. The van der Waals surface area contributed by atoms with Gasteiger partial charge in [0.15, 0.2) is 0 Å². The number of halogens is 1. The van der Waals surface area contributed by atoms with Crippen molar-refractivity contribution in [2.24, 2.45) is 0 Å². The normalized spacial score (nSPS) is 12.7. The van der Waals surface area contributed by atoms with Gasteiger partial charge in [0.05, 0.1) is 5.69 Å². The molecule has 1 aromatic heterocycles. The molecule has 0 spiro atoms. The first-order chi connectivity index (χ1) is 9.54. The Morgan fingerprint density at radius 1 is 1.35 bits per heavy atom. The second kappa shape index (κ2) is 6.18. The number of nitrogens with one attached hydrogen (secondary N) is 1. The molecule has 0 saturated carbocycles. The highest BCUT2D eigenvalue weighted by atomic mass is 19.1. The molecule has 2 aromatic rings. The van der Waals surface area contributed by atoms with Gasteiger partial charge in [-0.3, -0.25) is 0 Å². The zero-order valence-electron chi connectivity index (χ0n) is 12.6. The molecule has 3 nitrogen and oxygen atoms in total. The number of nitrogens with zero attached hydrogens (tertiary/aromatic N) is 2. The molecule has 0 bridgehead atoms. The van der Waals surface area contributed by atoms with Gasteiger partial charge in [0.1, 0.15) is 11.5 Å². The van der Waals surface area contributed by atoms with E-state index in [2.05, 4.69) is 24.3 Å². The van der Waals surface area contributed by atoms with Crippen LogP contribution in [0.25, 0.3) is 5.69 Å². The molecule has 1 unspecified atom stereocenters. The monoisotopic (exact) mass is 275 g/mol. The molecule has 0 fully saturated rings. The number of benzene rings is 1. The Balaban J connectivity index is 2.49. The Hall–Kier alpha value is -1.68. The van der Waals surface area contributed by atoms with Gasteiger partial charge in [-0.25, -0.2) is 9.07 Å². The lowest BCUT2D eigenvalue weighted by atomic mass is 10.1. The Labute approximate surface area is 119 Å². The zero-order valence-corrected chi connectivity index (χ0v) is 12.6. The molecule has 4 heteroatoms. The van der Waals surface area contributed by atoms with Crippen molar-refractivity contribution in [1.82, 2.24) is 15.1 Å². The van der Waals surface area contributed by atoms with Crippen molar-refractivity contribution in [2.75, 3.05) is 6.54 Å². The summed E-state index contributed by atoms with van der Waals surface area (Å²) in [5, 5.41) is 7.82. The Kier molecular flexibility index (Phi) is 4.55. The molecular weight excluding hydrogens is 253 g/mol. The van der Waals surface area contributed by atoms with Crippen molar-refractivity contribution in [3.8, 4) is 5.69 Å². The molecule has 2 rings (SSSR count). The number of aryl methyl sites for hydroxylation is 2. The highest BCUT2D eigenvalue weighted by molar-refractivity contribution is 5.45. The van der Waals surface area contributed by atoms with Crippen LogP contribution in [0.4, 0.5) is 4.39 Å². The fourth-order valence-corrected chi connectivity index (χ4v) is 2.43. The quantitative estimate of drug-likeness (QED) is 0.902. The van der Waals surface area contributed by atoms with E-state index in [1.807, 2.05) is 26.0 Å². The average molecular weight is 275 g/mol. The maximum Gasteiger partial charge on any atom is 0.149 e. The summed E-state index contributed by atoms with van der Waals surface area (Å²) in [4.78, 5) is 0. The molecule has 1 atom stereocenters. The first-order valence-corrected chi connectivity index (χ1v) is 7.10. The molecule has 0 radical (unpaired) electrons. The van der Waals surface area contributed by atoms with E-state index in [0.29, 0.717) is 5.69 Å². The lowest BCUT2D eigenvalue weighted by Crippen LogP contribution is -2.21. The Bertz CT molecular complexity index is 589. The number of aromatic nitrogens is 2. The van der Waals surface area contributed by atoms with E-state index in [9.17, 15) is 4.39 Å². The second-order valence-electron chi connectivity index (χ2n) is 5.19. The fraction of sp³-hybridized carbons (Fsp3) is 0.438. The SMILES string of the molecule is CCCNC(C)c1cccc(F)c1-n1nc(C)cc1C. The molecule has 0 aliphatic rings. The summed E-state index contributed by atoms with van der Waals surface area (Å²) in [6.45, 7) is 8.95. The minimum absolute atomic E-state index is 0.0876. The summed E-state index contributed by atoms with van der Waals surface area (Å²) < 4.78 is 16.0. The summed E-state index contributed by atoms with van der Waals surface area (Å²) >= 11 is 0. The maximum atomic E-state index is 14.3. The van der Waals surface area contributed by atoms with E-state index >= 15 is 0 Å². The van der Waals surface area contributed by atoms with Crippen molar-refractivity contribution in [2.45, 2.75) is 40.2 Å². The highest BCUT2D eigenvalue weighted by Gasteiger charge is 2.17. The van der Waals surface area contributed by atoms with E-state index in [0.717, 1.165) is 29.9 Å². The third kappa shape index (κ3) is 2.90. The molecule has 1 aromatic carbocycles. The van der Waals surface area contributed by atoms with E-state index < -0.39 is 0 Å². The molecule has 0 aliphatic carbocycles.